The zero-order valence-corrected chi connectivity index (χ0v) is 15.9. The summed E-state index contributed by atoms with van der Waals surface area (Å²) < 4.78 is 24.6. The molecule has 0 unspecified atom stereocenters. The van der Waals surface area contributed by atoms with E-state index in [-0.39, 0.29) is 23.5 Å². The van der Waals surface area contributed by atoms with Gasteiger partial charge < -0.3 is 9.47 Å². The summed E-state index contributed by atoms with van der Waals surface area (Å²) in [6.07, 6.45) is 2.47. The Morgan fingerprint density at radius 2 is 1.85 bits per heavy atom. The van der Waals surface area contributed by atoms with Gasteiger partial charge >= 0.3 is 12.1 Å². The number of ether oxygens (including phenoxy) is 2. The van der Waals surface area contributed by atoms with Gasteiger partial charge in [-0.1, -0.05) is 6.07 Å². The van der Waals surface area contributed by atoms with E-state index in [1.165, 1.54) is 6.07 Å². The van der Waals surface area contributed by atoms with Gasteiger partial charge in [0.1, 0.15) is 11.4 Å². The Balaban J connectivity index is 1.95. The van der Waals surface area contributed by atoms with Crippen LogP contribution >= 0.6 is 0 Å². The summed E-state index contributed by atoms with van der Waals surface area (Å²) in [6, 6.07) is 4.85. The molecule has 5 nitrogen and oxygen atoms in total. The summed E-state index contributed by atoms with van der Waals surface area (Å²) >= 11 is 0. The number of carbonyl (C=O) groups is 2. The van der Waals surface area contributed by atoms with Crippen LogP contribution in [0.3, 0.4) is 0 Å². The third-order valence-electron chi connectivity index (χ3n) is 4.45. The Morgan fingerprint density at radius 1 is 1.19 bits per heavy atom. The lowest BCUT2D eigenvalue weighted by molar-refractivity contribution is -0.149. The van der Waals surface area contributed by atoms with Gasteiger partial charge in [0, 0.05) is 0 Å². The van der Waals surface area contributed by atoms with Gasteiger partial charge in [-0.25, -0.2) is 9.18 Å². The van der Waals surface area contributed by atoms with E-state index in [4.69, 9.17) is 9.47 Å². The number of carbonyl (C=O) groups excluding carboxylic acids is 2. The molecule has 0 saturated heterocycles. The van der Waals surface area contributed by atoms with Crippen LogP contribution in [-0.2, 0) is 14.3 Å². The second-order valence-electron chi connectivity index (χ2n) is 7.67. The van der Waals surface area contributed by atoms with Crippen molar-refractivity contribution in [3.8, 4) is 0 Å². The van der Waals surface area contributed by atoms with Crippen LogP contribution in [0.1, 0.15) is 64.9 Å². The number of halogens is 1. The summed E-state index contributed by atoms with van der Waals surface area (Å²) in [7, 11) is 0. The molecule has 0 radical (unpaired) electrons. The zero-order chi connectivity index (χ0) is 19.3. The molecule has 6 heteroatoms. The number of anilines is 1. The quantitative estimate of drug-likeness (QED) is 0.762. The minimum absolute atomic E-state index is 0.0517. The van der Waals surface area contributed by atoms with Crippen molar-refractivity contribution in [1.82, 2.24) is 0 Å². The van der Waals surface area contributed by atoms with E-state index in [9.17, 15) is 14.0 Å². The Kier molecular flexibility index (Phi) is 6.62. The lowest BCUT2D eigenvalue weighted by Crippen LogP contribution is -2.27. The Morgan fingerprint density at radius 3 is 2.38 bits per heavy atom. The molecule has 0 spiro atoms. The number of nitrogens with one attached hydrogen (secondary N) is 1. The summed E-state index contributed by atoms with van der Waals surface area (Å²) in [5, 5.41) is 2.44. The molecule has 0 bridgehead atoms. The maximum absolute atomic E-state index is 14.4. The van der Waals surface area contributed by atoms with Crippen molar-refractivity contribution in [2.45, 2.75) is 64.9 Å². The molecule has 0 aliphatic heterocycles. The van der Waals surface area contributed by atoms with Gasteiger partial charge in [0.15, 0.2) is 0 Å². The summed E-state index contributed by atoms with van der Waals surface area (Å²) in [6.45, 7) is 7.45. The first-order chi connectivity index (χ1) is 12.2. The first-order valence-corrected chi connectivity index (χ1v) is 9.15. The minimum Gasteiger partial charge on any atom is -0.466 e. The molecule has 1 N–H and O–H groups in total. The first kappa shape index (κ1) is 20.2. The van der Waals surface area contributed by atoms with Crippen LogP contribution in [-0.4, -0.2) is 24.3 Å². The predicted octanol–water partition coefficient (Wildman–Crippen LogP) is 5.01. The molecule has 144 valence electrons. The average molecular weight is 365 g/mol. The van der Waals surface area contributed by atoms with Crippen molar-refractivity contribution < 1.29 is 23.5 Å². The van der Waals surface area contributed by atoms with Gasteiger partial charge in [0.05, 0.1) is 18.2 Å². The van der Waals surface area contributed by atoms with Gasteiger partial charge in [0.25, 0.3) is 0 Å². The fourth-order valence-corrected chi connectivity index (χ4v) is 3.22. The summed E-state index contributed by atoms with van der Waals surface area (Å²) in [4.78, 5) is 23.6. The zero-order valence-electron chi connectivity index (χ0n) is 15.9. The monoisotopic (exact) mass is 365 g/mol. The van der Waals surface area contributed by atoms with Crippen LogP contribution in [0.5, 0.6) is 0 Å². The summed E-state index contributed by atoms with van der Waals surface area (Å²) in [5.41, 5.74) is 0.348. The van der Waals surface area contributed by atoms with E-state index in [0.717, 1.165) is 31.2 Å². The fraction of sp³-hybridized carbons (Fsp3) is 0.600. The lowest BCUT2D eigenvalue weighted by atomic mass is 9.78. The highest BCUT2D eigenvalue weighted by Gasteiger charge is 2.28. The second kappa shape index (κ2) is 8.52. The topological polar surface area (TPSA) is 64.6 Å². The van der Waals surface area contributed by atoms with E-state index >= 15 is 0 Å². The standard InChI is InChI=1S/C20H28FNO4/c1-5-25-18(23)14-8-6-13(7-9-14)15-10-11-17(16(21)12-15)22-19(24)26-20(2,3)4/h10-14H,5-9H2,1-4H3,(H,22,24)/t13-,14-. The molecule has 0 aromatic heterocycles. The minimum atomic E-state index is -0.681. The number of benzene rings is 1. The van der Waals surface area contributed by atoms with E-state index in [0.29, 0.717) is 6.61 Å². The highest BCUT2D eigenvalue weighted by molar-refractivity contribution is 5.85. The molecule has 1 aliphatic rings. The molecule has 26 heavy (non-hydrogen) atoms. The number of amides is 1. The van der Waals surface area contributed by atoms with Crippen LogP contribution in [0.2, 0.25) is 0 Å². The van der Waals surface area contributed by atoms with Crippen LogP contribution in [0.4, 0.5) is 14.9 Å². The molecular formula is C20H28FNO4. The van der Waals surface area contributed by atoms with Crippen LogP contribution in [0.15, 0.2) is 18.2 Å². The average Bonchev–Trinajstić information content (AvgIpc) is 2.55. The van der Waals surface area contributed by atoms with Crippen molar-refractivity contribution >= 4 is 17.7 Å². The van der Waals surface area contributed by atoms with E-state index in [2.05, 4.69) is 5.32 Å². The van der Waals surface area contributed by atoms with Crippen LogP contribution in [0.25, 0.3) is 0 Å². The van der Waals surface area contributed by atoms with E-state index in [1.807, 2.05) is 6.07 Å². The molecule has 1 amide bonds. The molecule has 2 rings (SSSR count). The van der Waals surface area contributed by atoms with Crippen molar-refractivity contribution in [2.75, 3.05) is 11.9 Å². The normalized spacial score (nSPS) is 20.3. The van der Waals surface area contributed by atoms with Gasteiger partial charge in [-0.15, -0.1) is 0 Å². The third-order valence-corrected chi connectivity index (χ3v) is 4.45. The molecule has 0 heterocycles. The molecule has 1 fully saturated rings. The molecule has 0 atom stereocenters. The second-order valence-corrected chi connectivity index (χ2v) is 7.67. The molecule has 1 aromatic rings. The van der Waals surface area contributed by atoms with Gasteiger partial charge in [-0.3, -0.25) is 10.1 Å². The van der Waals surface area contributed by atoms with Crippen LogP contribution in [0, 0.1) is 11.7 Å². The number of rotatable bonds is 4. The predicted molar refractivity (Wildman–Crippen MR) is 97.6 cm³/mol. The first-order valence-electron chi connectivity index (χ1n) is 9.15. The smallest absolute Gasteiger partial charge is 0.412 e. The van der Waals surface area contributed by atoms with Crippen molar-refractivity contribution in [3.63, 3.8) is 0 Å². The maximum Gasteiger partial charge on any atom is 0.412 e. The highest BCUT2D eigenvalue weighted by atomic mass is 19.1. The molecular weight excluding hydrogens is 337 g/mol. The highest BCUT2D eigenvalue weighted by Crippen LogP contribution is 2.37. The summed E-state index contributed by atoms with van der Waals surface area (Å²) in [5.74, 6) is -0.454. The lowest BCUT2D eigenvalue weighted by Gasteiger charge is -2.27. The number of hydrogen-bond donors (Lipinski definition) is 1. The largest absolute Gasteiger partial charge is 0.466 e. The van der Waals surface area contributed by atoms with Crippen molar-refractivity contribution in [3.05, 3.63) is 29.6 Å². The third kappa shape index (κ3) is 5.71. The SMILES string of the molecule is CCOC(=O)[C@H]1CC[C@H](c2ccc(NC(=O)OC(C)(C)C)c(F)c2)CC1. The molecule has 1 saturated carbocycles. The molecule has 1 aliphatic carbocycles. The van der Waals surface area contributed by atoms with Crippen molar-refractivity contribution in [2.24, 2.45) is 5.92 Å². The number of hydrogen-bond acceptors (Lipinski definition) is 4. The van der Waals surface area contributed by atoms with Gasteiger partial charge in [0.2, 0.25) is 0 Å². The number of esters is 1. The van der Waals surface area contributed by atoms with Gasteiger partial charge in [-0.05, 0) is 77.0 Å². The van der Waals surface area contributed by atoms with E-state index in [1.54, 1.807) is 33.8 Å². The van der Waals surface area contributed by atoms with Gasteiger partial charge in [-0.2, -0.15) is 0 Å². The Hall–Kier alpha value is -2.11. The van der Waals surface area contributed by atoms with Crippen LogP contribution < -0.4 is 5.32 Å². The van der Waals surface area contributed by atoms with E-state index < -0.39 is 17.5 Å². The Labute approximate surface area is 154 Å². The maximum atomic E-state index is 14.4. The Bertz CT molecular complexity index is 646. The van der Waals surface area contributed by atoms with Crippen molar-refractivity contribution in [1.29, 1.82) is 0 Å². The fourth-order valence-electron chi connectivity index (χ4n) is 3.22. The molecule has 1 aromatic carbocycles.